The van der Waals surface area contributed by atoms with Crippen LogP contribution in [0.3, 0.4) is 0 Å². The Labute approximate surface area is 203 Å². The first-order chi connectivity index (χ1) is 16.2. The lowest BCUT2D eigenvalue weighted by molar-refractivity contribution is 0.0698. The van der Waals surface area contributed by atoms with E-state index >= 15 is 0 Å². The van der Waals surface area contributed by atoms with E-state index in [1.807, 2.05) is 0 Å². The van der Waals surface area contributed by atoms with Crippen LogP contribution in [0.4, 0.5) is 5.69 Å². The summed E-state index contributed by atoms with van der Waals surface area (Å²) in [5.74, 6) is -0.348. The van der Waals surface area contributed by atoms with Gasteiger partial charge in [-0.2, -0.15) is 4.31 Å². The first-order valence-corrected chi connectivity index (χ1v) is 13.7. The smallest absolute Gasteiger partial charge is 0.261 e. The van der Waals surface area contributed by atoms with E-state index in [9.17, 15) is 21.6 Å². The van der Waals surface area contributed by atoms with Gasteiger partial charge in [0.25, 0.3) is 15.9 Å². The van der Waals surface area contributed by atoms with Crippen molar-refractivity contribution in [3.05, 3.63) is 89.4 Å². The summed E-state index contributed by atoms with van der Waals surface area (Å²) in [5.41, 5.74) is 0.438. The monoisotopic (exact) mass is 519 g/mol. The average molecular weight is 520 g/mol. The van der Waals surface area contributed by atoms with Crippen molar-refractivity contribution in [3.63, 3.8) is 0 Å². The molecule has 178 valence electrons. The van der Waals surface area contributed by atoms with E-state index in [1.165, 1.54) is 39.5 Å². The van der Waals surface area contributed by atoms with Gasteiger partial charge in [0, 0.05) is 26.2 Å². The highest BCUT2D eigenvalue weighted by molar-refractivity contribution is 7.92. The van der Waals surface area contributed by atoms with Crippen LogP contribution in [0.1, 0.15) is 10.4 Å². The molecule has 8 nitrogen and oxygen atoms in total. The first kappa shape index (κ1) is 24.2. The Bertz CT molecular complexity index is 1390. The fourth-order valence-corrected chi connectivity index (χ4v) is 6.38. The van der Waals surface area contributed by atoms with Gasteiger partial charge in [0.2, 0.25) is 10.0 Å². The molecule has 1 saturated heterocycles. The Kier molecular flexibility index (Phi) is 6.94. The molecule has 0 aromatic heterocycles. The van der Waals surface area contributed by atoms with Crippen LogP contribution >= 0.6 is 11.6 Å². The molecule has 3 aromatic carbocycles. The highest BCUT2D eigenvalue weighted by Crippen LogP contribution is 2.25. The fraction of sp³-hybridized carbons (Fsp3) is 0.174. The van der Waals surface area contributed by atoms with Crippen molar-refractivity contribution in [1.82, 2.24) is 9.21 Å². The second kappa shape index (κ2) is 9.75. The van der Waals surface area contributed by atoms with Gasteiger partial charge in [-0.05, 0) is 42.5 Å². The normalized spacial score (nSPS) is 15.1. The zero-order chi connectivity index (χ0) is 24.3. The minimum absolute atomic E-state index is 0.0950. The van der Waals surface area contributed by atoms with Gasteiger partial charge in [0.1, 0.15) is 0 Å². The third-order valence-electron chi connectivity index (χ3n) is 5.41. The second-order valence-electron chi connectivity index (χ2n) is 7.62. The summed E-state index contributed by atoms with van der Waals surface area (Å²) in [4.78, 5) is 14.9. The Morgan fingerprint density at radius 1 is 0.765 bits per heavy atom. The van der Waals surface area contributed by atoms with Gasteiger partial charge >= 0.3 is 0 Å². The molecule has 0 saturated carbocycles. The van der Waals surface area contributed by atoms with E-state index in [0.717, 1.165) is 0 Å². The molecule has 1 amide bonds. The Morgan fingerprint density at radius 2 is 1.32 bits per heavy atom. The molecule has 0 spiro atoms. The second-order valence-corrected chi connectivity index (χ2v) is 11.7. The number of halogens is 1. The minimum atomic E-state index is -3.79. The van der Waals surface area contributed by atoms with Crippen molar-refractivity contribution >= 4 is 43.2 Å². The number of carbonyl (C=O) groups is 1. The predicted molar refractivity (Wildman–Crippen MR) is 130 cm³/mol. The van der Waals surface area contributed by atoms with Crippen molar-refractivity contribution in [1.29, 1.82) is 0 Å². The van der Waals surface area contributed by atoms with Gasteiger partial charge < -0.3 is 4.90 Å². The van der Waals surface area contributed by atoms with Crippen LogP contribution in [0.25, 0.3) is 0 Å². The molecule has 0 unspecified atom stereocenters. The molecule has 34 heavy (non-hydrogen) atoms. The minimum Gasteiger partial charge on any atom is -0.336 e. The van der Waals surface area contributed by atoms with Gasteiger partial charge in [0.05, 0.1) is 26.1 Å². The third kappa shape index (κ3) is 5.10. The summed E-state index contributed by atoms with van der Waals surface area (Å²) in [5, 5.41) is 0.0950. The Balaban J connectivity index is 1.43. The SMILES string of the molecule is O=C(c1ccc(NS(=O)(=O)c2ccccc2)cc1Cl)N1CCN(S(=O)(=O)c2ccccc2)CC1. The van der Waals surface area contributed by atoms with Crippen LogP contribution in [0.5, 0.6) is 0 Å². The van der Waals surface area contributed by atoms with Crippen molar-refractivity contribution in [2.45, 2.75) is 9.79 Å². The van der Waals surface area contributed by atoms with Crippen LogP contribution in [-0.4, -0.2) is 58.1 Å². The zero-order valence-electron chi connectivity index (χ0n) is 18.0. The fourth-order valence-electron chi connectivity index (χ4n) is 3.61. The highest BCUT2D eigenvalue weighted by atomic mass is 35.5. The summed E-state index contributed by atoms with van der Waals surface area (Å²) in [7, 11) is -7.42. The van der Waals surface area contributed by atoms with Gasteiger partial charge in [-0.15, -0.1) is 0 Å². The van der Waals surface area contributed by atoms with Crippen molar-refractivity contribution in [3.8, 4) is 0 Å². The van der Waals surface area contributed by atoms with Crippen LogP contribution in [0.15, 0.2) is 88.7 Å². The summed E-state index contributed by atoms with van der Waals surface area (Å²) in [6, 6.07) is 20.4. The first-order valence-electron chi connectivity index (χ1n) is 10.4. The summed E-state index contributed by atoms with van der Waals surface area (Å²) < 4.78 is 54.4. The molecule has 4 rings (SSSR count). The van der Waals surface area contributed by atoms with Gasteiger partial charge in [-0.1, -0.05) is 48.0 Å². The molecule has 1 aliphatic heterocycles. The molecule has 11 heteroatoms. The van der Waals surface area contributed by atoms with Gasteiger partial charge in [0.15, 0.2) is 0 Å². The van der Waals surface area contributed by atoms with E-state index in [4.69, 9.17) is 11.6 Å². The standard InChI is InChI=1S/C23H22ClN3O5S2/c24-22-17-18(25-33(29,30)19-7-3-1-4-8-19)11-12-21(22)23(28)26-13-15-27(16-14-26)34(31,32)20-9-5-2-6-10-20/h1-12,17,25H,13-16H2. The summed E-state index contributed by atoms with van der Waals surface area (Å²) >= 11 is 6.31. The molecule has 1 heterocycles. The molecular weight excluding hydrogens is 498 g/mol. The van der Waals surface area contributed by atoms with Gasteiger partial charge in [-0.3, -0.25) is 9.52 Å². The number of anilines is 1. The lowest BCUT2D eigenvalue weighted by Crippen LogP contribution is -2.50. The number of carbonyl (C=O) groups excluding carboxylic acids is 1. The molecule has 3 aromatic rings. The van der Waals surface area contributed by atoms with E-state index in [0.29, 0.717) is 0 Å². The number of piperazine rings is 1. The lowest BCUT2D eigenvalue weighted by atomic mass is 10.1. The third-order valence-corrected chi connectivity index (χ3v) is 9.03. The summed E-state index contributed by atoms with van der Waals surface area (Å²) in [6.45, 7) is 0.748. The Morgan fingerprint density at radius 3 is 1.88 bits per heavy atom. The van der Waals surface area contributed by atoms with Crippen molar-refractivity contribution in [2.24, 2.45) is 0 Å². The van der Waals surface area contributed by atoms with Crippen molar-refractivity contribution in [2.75, 3.05) is 30.9 Å². The molecular formula is C23H22ClN3O5S2. The van der Waals surface area contributed by atoms with E-state index in [2.05, 4.69) is 4.72 Å². The maximum atomic E-state index is 13.0. The molecule has 0 bridgehead atoms. The predicted octanol–water partition coefficient (Wildman–Crippen LogP) is 3.29. The quantitative estimate of drug-likeness (QED) is 0.538. The number of hydrogen-bond donors (Lipinski definition) is 1. The Hall–Kier alpha value is -2.92. The molecule has 1 aliphatic rings. The molecule has 0 aliphatic carbocycles. The largest absolute Gasteiger partial charge is 0.336 e. The van der Waals surface area contributed by atoms with E-state index in [1.54, 1.807) is 48.5 Å². The maximum Gasteiger partial charge on any atom is 0.261 e. The number of rotatable bonds is 6. The van der Waals surface area contributed by atoms with Gasteiger partial charge in [-0.25, -0.2) is 16.8 Å². The van der Waals surface area contributed by atoms with Crippen molar-refractivity contribution < 1.29 is 21.6 Å². The molecule has 0 radical (unpaired) electrons. The molecule has 1 N–H and O–H groups in total. The van der Waals surface area contributed by atoms with E-state index in [-0.39, 0.29) is 58.2 Å². The van der Waals surface area contributed by atoms with Crippen LogP contribution < -0.4 is 4.72 Å². The molecule has 0 atom stereocenters. The number of hydrogen-bond acceptors (Lipinski definition) is 5. The number of nitrogens with zero attached hydrogens (tertiary/aromatic N) is 2. The zero-order valence-corrected chi connectivity index (χ0v) is 20.4. The number of sulfonamides is 2. The topological polar surface area (TPSA) is 104 Å². The lowest BCUT2D eigenvalue weighted by Gasteiger charge is -2.34. The average Bonchev–Trinajstić information content (AvgIpc) is 2.85. The molecule has 1 fully saturated rings. The summed E-state index contributed by atoms with van der Waals surface area (Å²) in [6.07, 6.45) is 0. The van der Waals surface area contributed by atoms with E-state index < -0.39 is 20.0 Å². The van der Waals surface area contributed by atoms with Crippen LogP contribution in [0.2, 0.25) is 5.02 Å². The number of nitrogens with one attached hydrogen (secondary N) is 1. The highest BCUT2D eigenvalue weighted by Gasteiger charge is 2.31. The maximum absolute atomic E-state index is 13.0. The van der Waals surface area contributed by atoms with Crippen LogP contribution in [0, 0.1) is 0 Å². The number of amides is 1. The number of benzene rings is 3. The van der Waals surface area contributed by atoms with Crippen LogP contribution in [-0.2, 0) is 20.0 Å².